The van der Waals surface area contributed by atoms with Gasteiger partial charge in [-0.05, 0) is 31.5 Å². The van der Waals surface area contributed by atoms with Crippen molar-refractivity contribution in [1.82, 2.24) is 14.9 Å². The van der Waals surface area contributed by atoms with E-state index in [1.54, 1.807) is 6.33 Å². The van der Waals surface area contributed by atoms with E-state index in [2.05, 4.69) is 10.3 Å². The SMILES string of the molecule is CC(C)NC(=O)C(c1ccccc1)n1cnc2ccccc21. The molecule has 1 heterocycles. The summed E-state index contributed by atoms with van der Waals surface area (Å²) in [6.07, 6.45) is 1.74. The zero-order valence-electron chi connectivity index (χ0n) is 12.7. The average molecular weight is 293 g/mol. The summed E-state index contributed by atoms with van der Waals surface area (Å²) in [6, 6.07) is 17.3. The molecule has 1 N–H and O–H groups in total. The first-order valence-electron chi connectivity index (χ1n) is 7.43. The molecule has 0 aliphatic rings. The molecule has 1 aromatic heterocycles. The van der Waals surface area contributed by atoms with Crippen molar-refractivity contribution >= 4 is 16.9 Å². The average Bonchev–Trinajstić information content (AvgIpc) is 2.92. The molecule has 0 fully saturated rings. The normalized spacial score (nSPS) is 12.5. The van der Waals surface area contributed by atoms with Crippen LogP contribution in [0, 0.1) is 0 Å². The van der Waals surface area contributed by atoms with Gasteiger partial charge in [-0.2, -0.15) is 0 Å². The van der Waals surface area contributed by atoms with E-state index in [0.717, 1.165) is 16.6 Å². The van der Waals surface area contributed by atoms with Gasteiger partial charge in [-0.1, -0.05) is 42.5 Å². The largest absolute Gasteiger partial charge is 0.352 e. The van der Waals surface area contributed by atoms with E-state index in [1.807, 2.05) is 73.0 Å². The van der Waals surface area contributed by atoms with Crippen molar-refractivity contribution in [3.05, 3.63) is 66.5 Å². The number of rotatable bonds is 4. The van der Waals surface area contributed by atoms with Gasteiger partial charge >= 0.3 is 0 Å². The second kappa shape index (κ2) is 6.02. The predicted octanol–water partition coefficient (Wildman–Crippen LogP) is 3.15. The van der Waals surface area contributed by atoms with E-state index in [4.69, 9.17) is 0 Å². The summed E-state index contributed by atoms with van der Waals surface area (Å²) < 4.78 is 1.93. The molecule has 3 rings (SSSR count). The first-order chi connectivity index (χ1) is 10.7. The van der Waals surface area contributed by atoms with Crippen LogP contribution < -0.4 is 5.32 Å². The zero-order valence-corrected chi connectivity index (χ0v) is 12.7. The molecule has 0 saturated heterocycles. The van der Waals surface area contributed by atoms with Gasteiger partial charge in [0.25, 0.3) is 0 Å². The van der Waals surface area contributed by atoms with Crippen LogP contribution in [-0.2, 0) is 4.79 Å². The number of imidazole rings is 1. The summed E-state index contributed by atoms with van der Waals surface area (Å²) in [5.74, 6) is -0.0237. The van der Waals surface area contributed by atoms with Gasteiger partial charge in [0.1, 0.15) is 6.04 Å². The molecule has 0 saturated carbocycles. The predicted molar refractivity (Wildman–Crippen MR) is 87.6 cm³/mol. The van der Waals surface area contributed by atoms with Crippen LogP contribution in [-0.4, -0.2) is 21.5 Å². The highest BCUT2D eigenvalue weighted by Gasteiger charge is 2.24. The number of nitrogens with one attached hydrogen (secondary N) is 1. The third kappa shape index (κ3) is 2.72. The van der Waals surface area contributed by atoms with Crippen molar-refractivity contribution in [2.75, 3.05) is 0 Å². The van der Waals surface area contributed by atoms with Crippen molar-refractivity contribution in [3.63, 3.8) is 0 Å². The fourth-order valence-corrected chi connectivity index (χ4v) is 2.62. The van der Waals surface area contributed by atoms with E-state index in [9.17, 15) is 4.79 Å². The maximum Gasteiger partial charge on any atom is 0.247 e. The van der Waals surface area contributed by atoms with E-state index in [0.29, 0.717) is 0 Å². The molecule has 1 unspecified atom stereocenters. The van der Waals surface area contributed by atoms with Crippen LogP contribution in [0.2, 0.25) is 0 Å². The molecule has 0 aliphatic carbocycles. The molecular weight excluding hydrogens is 274 g/mol. The van der Waals surface area contributed by atoms with Crippen LogP contribution >= 0.6 is 0 Å². The molecule has 0 aliphatic heterocycles. The zero-order chi connectivity index (χ0) is 15.5. The first kappa shape index (κ1) is 14.3. The fourth-order valence-electron chi connectivity index (χ4n) is 2.62. The minimum Gasteiger partial charge on any atom is -0.352 e. The lowest BCUT2D eigenvalue weighted by molar-refractivity contribution is -0.123. The second-order valence-corrected chi connectivity index (χ2v) is 5.62. The Balaban J connectivity index is 2.11. The van der Waals surface area contributed by atoms with Gasteiger partial charge in [-0.15, -0.1) is 0 Å². The molecule has 4 nitrogen and oxygen atoms in total. The number of carbonyl (C=O) groups is 1. The van der Waals surface area contributed by atoms with Gasteiger partial charge in [-0.3, -0.25) is 4.79 Å². The number of nitrogens with zero attached hydrogens (tertiary/aromatic N) is 2. The number of para-hydroxylation sites is 2. The van der Waals surface area contributed by atoms with Crippen LogP contribution in [0.5, 0.6) is 0 Å². The number of fused-ring (bicyclic) bond motifs is 1. The maximum atomic E-state index is 12.7. The number of benzene rings is 2. The molecule has 0 bridgehead atoms. The van der Waals surface area contributed by atoms with Gasteiger partial charge in [0.15, 0.2) is 0 Å². The topological polar surface area (TPSA) is 46.9 Å². The van der Waals surface area contributed by atoms with E-state index in [-0.39, 0.29) is 11.9 Å². The number of carbonyl (C=O) groups excluding carboxylic acids is 1. The Morgan fingerprint density at radius 3 is 2.45 bits per heavy atom. The molecule has 4 heteroatoms. The van der Waals surface area contributed by atoms with Gasteiger partial charge in [0.05, 0.1) is 17.4 Å². The van der Waals surface area contributed by atoms with Gasteiger partial charge in [0.2, 0.25) is 5.91 Å². The van der Waals surface area contributed by atoms with Crippen molar-refractivity contribution in [3.8, 4) is 0 Å². The number of aromatic nitrogens is 2. The molecule has 3 aromatic rings. The quantitative estimate of drug-likeness (QED) is 0.803. The van der Waals surface area contributed by atoms with Crippen molar-refractivity contribution in [2.24, 2.45) is 0 Å². The minimum atomic E-state index is -0.420. The molecule has 1 amide bonds. The Morgan fingerprint density at radius 2 is 1.73 bits per heavy atom. The highest BCUT2D eigenvalue weighted by Crippen LogP contribution is 2.24. The Morgan fingerprint density at radius 1 is 1.05 bits per heavy atom. The monoisotopic (exact) mass is 293 g/mol. The minimum absolute atomic E-state index is 0.0237. The van der Waals surface area contributed by atoms with Crippen LogP contribution in [0.3, 0.4) is 0 Å². The Bertz CT molecular complexity index is 777. The van der Waals surface area contributed by atoms with Crippen molar-refractivity contribution < 1.29 is 4.79 Å². The third-order valence-electron chi connectivity index (χ3n) is 3.55. The highest BCUT2D eigenvalue weighted by molar-refractivity contribution is 5.86. The van der Waals surface area contributed by atoms with Crippen LogP contribution in [0.25, 0.3) is 11.0 Å². The fraction of sp³-hybridized carbons (Fsp3) is 0.222. The Kier molecular flexibility index (Phi) is 3.92. The molecular formula is C18H19N3O. The smallest absolute Gasteiger partial charge is 0.247 e. The molecule has 0 spiro atoms. The van der Waals surface area contributed by atoms with Gasteiger partial charge in [0, 0.05) is 6.04 Å². The Hall–Kier alpha value is -2.62. The summed E-state index contributed by atoms with van der Waals surface area (Å²) in [5.41, 5.74) is 2.79. The third-order valence-corrected chi connectivity index (χ3v) is 3.55. The van der Waals surface area contributed by atoms with E-state index >= 15 is 0 Å². The molecule has 112 valence electrons. The lowest BCUT2D eigenvalue weighted by Gasteiger charge is -2.21. The van der Waals surface area contributed by atoms with E-state index in [1.165, 1.54) is 0 Å². The second-order valence-electron chi connectivity index (χ2n) is 5.62. The summed E-state index contributed by atoms with van der Waals surface area (Å²) in [4.78, 5) is 17.1. The number of amides is 1. The van der Waals surface area contributed by atoms with Crippen LogP contribution in [0.4, 0.5) is 0 Å². The lowest BCUT2D eigenvalue weighted by atomic mass is 10.1. The molecule has 1 atom stereocenters. The van der Waals surface area contributed by atoms with Gasteiger partial charge in [-0.25, -0.2) is 4.98 Å². The standard InChI is InChI=1S/C18H19N3O/c1-13(2)20-18(22)17(14-8-4-3-5-9-14)21-12-19-15-10-6-7-11-16(15)21/h3-13,17H,1-2H3,(H,20,22). The van der Waals surface area contributed by atoms with Crippen molar-refractivity contribution in [2.45, 2.75) is 25.9 Å². The molecule has 0 radical (unpaired) electrons. The summed E-state index contributed by atoms with van der Waals surface area (Å²) in [5, 5.41) is 3.01. The molecule has 2 aromatic carbocycles. The Labute approximate surface area is 129 Å². The van der Waals surface area contributed by atoms with E-state index < -0.39 is 6.04 Å². The highest BCUT2D eigenvalue weighted by atomic mass is 16.2. The number of hydrogen-bond acceptors (Lipinski definition) is 2. The first-order valence-corrected chi connectivity index (χ1v) is 7.43. The summed E-state index contributed by atoms with van der Waals surface area (Å²) in [7, 11) is 0. The van der Waals surface area contributed by atoms with Crippen LogP contribution in [0.15, 0.2) is 60.9 Å². The maximum absolute atomic E-state index is 12.7. The summed E-state index contributed by atoms with van der Waals surface area (Å²) in [6.45, 7) is 3.93. The van der Waals surface area contributed by atoms with Gasteiger partial charge < -0.3 is 9.88 Å². The lowest BCUT2D eigenvalue weighted by Crippen LogP contribution is -2.37. The number of hydrogen-bond donors (Lipinski definition) is 1. The van der Waals surface area contributed by atoms with Crippen LogP contribution in [0.1, 0.15) is 25.5 Å². The molecule has 22 heavy (non-hydrogen) atoms. The van der Waals surface area contributed by atoms with Crippen molar-refractivity contribution in [1.29, 1.82) is 0 Å². The summed E-state index contributed by atoms with van der Waals surface area (Å²) >= 11 is 0.